The summed E-state index contributed by atoms with van der Waals surface area (Å²) < 4.78 is 6.38. The molecule has 1 aliphatic heterocycles. The van der Waals surface area contributed by atoms with Crippen molar-refractivity contribution in [2.75, 3.05) is 6.54 Å². The number of fused-ring (bicyclic) bond motifs is 7. The number of ketones is 2. The van der Waals surface area contributed by atoms with Gasteiger partial charge in [-0.25, -0.2) is 0 Å². The van der Waals surface area contributed by atoms with E-state index in [1.54, 1.807) is 12.1 Å². The van der Waals surface area contributed by atoms with Gasteiger partial charge in [0.15, 0.2) is 11.5 Å². The minimum absolute atomic E-state index is 0.0718. The van der Waals surface area contributed by atoms with E-state index < -0.39 is 5.92 Å². The summed E-state index contributed by atoms with van der Waals surface area (Å²) in [6, 6.07) is 23.8. The number of hydrogen-bond acceptors (Lipinski definition) is 5. The summed E-state index contributed by atoms with van der Waals surface area (Å²) in [6.07, 6.45) is 15.1. The van der Waals surface area contributed by atoms with E-state index in [4.69, 9.17) is 10.1 Å². The van der Waals surface area contributed by atoms with Crippen molar-refractivity contribution in [2.24, 2.45) is 5.92 Å². The zero-order valence-electron chi connectivity index (χ0n) is 31.3. The minimum atomic E-state index is -0.492. The fourth-order valence-electron chi connectivity index (χ4n) is 8.90. The number of benzene rings is 3. The molecule has 0 saturated heterocycles. The highest BCUT2D eigenvalue weighted by Crippen LogP contribution is 2.44. The number of aromatic nitrogens is 2. The first-order valence-corrected chi connectivity index (χ1v) is 19.9. The van der Waals surface area contributed by atoms with Crippen LogP contribution in [0.3, 0.4) is 0 Å². The number of nitrogens with zero attached hydrogens (tertiary/aromatic N) is 2. The SMILES string of the molecule is O=C1CCc2cc(c(O)c(OC3CCCC3)c2)Cc2cccc(c2)Cc2cc[nH]c2[N-]CC2=Cc3[n-]ccc3C(CCCCc3cccc(O)c3)C2C(=O)C1. The maximum absolute atomic E-state index is 14.5. The summed E-state index contributed by atoms with van der Waals surface area (Å²) >= 11 is 0. The molecule has 8 heteroatoms. The normalized spacial score (nSPS) is 19.2. The fraction of sp³-hybridized carbons (Fsp3) is 0.362. The topological polar surface area (TPSA) is 128 Å². The molecule has 55 heavy (non-hydrogen) atoms. The second-order valence-corrected chi connectivity index (χ2v) is 15.7. The number of carbonyl (C=O) groups is 2. The molecule has 3 aromatic carbocycles. The first kappa shape index (κ1) is 36.5. The van der Waals surface area contributed by atoms with Crippen molar-refractivity contribution in [1.29, 1.82) is 0 Å². The van der Waals surface area contributed by atoms with E-state index in [9.17, 15) is 19.8 Å². The van der Waals surface area contributed by atoms with Gasteiger partial charge in [0, 0.05) is 24.3 Å². The van der Waals surface area contributed by atoms with E-state index in [1.165, 1.54) is 0 Å². The molecule has 0 spiro atoms. The number of rotatable bonds is 7. The predicted octanol–water partition coefficient (Wildman–Crippen LogP) is 9.58. The van der Waals surface area contributed by atoms with Gasteiger partial charge in [-0.15, -0.1) is 5.69 Å². The lowest BCUT2D eigenvalue weighted by Gasteiger charge is -2.36. The van der Waals surface area contributed by atoms with Crippen LogP contribution in [0.15, 0.2) is 90.8 Å². The summed E-state index contributed by atoms with van der Waals surface area (Å²) in [7, 11) is 0. The van der Waals surface area contributed by atoms with Gasteiger partial charge in [-0.1, -0.05) is 90.2 Å². The van der Waals surface area contributed by atoms with E-state index in [0.29, 0.717) is 31.6 Å². The van der Waals surface area contributed by atoms with Crippen LogP contribution in [0.4, 0.5) is 5.82 Å². The lowest BCUT2D eigenvalue weighted by atomic mass is 9.71. The van der Waals surface area contributed by atoms with Crippen LogP contribution in [0.1, 0.15) is 108 Å². The summed E-state index contributed by atoms with van der Waals surface area (Å²) in [6.45, 7) is 0.319. The number of aromatic hydroxyl groups is 2. The third-order valence-electron chi connectivity index (χ3n) is 11.7. The van der Waals surface area contributed by atoms with Crippen molar-refractivity contribution in [1.82, 2.24) is 9.97 Å². The average molecular weight is 736 g/mol. The molecule has 284 valence electrons. The van der Waals surface area contributed by atoms with Crippen LogP contribution in [-0.4, -0.2) is 39.4 Å². The van der Waals surface area contributed by atoms with Gasteiger partial charge in [-0.2, -0.15) is 6.20 Å². The smallest absolute Gasteiger partial charge is 0.161 e. The first-order chi connectivity index (χ1) is 26.9. The molecule has 2 aliphatic carbocycles. The van der Waals surface area contributed by atoms with Gasteiger partial charge in [0.25, 0.3) is 0 Å². The standard InChI is InChI=1S/C47H49N3O5/c51-37-11-6-8-30(25-37)7-1-4-14-41-40-18-20-48-42(40)27-36-29-50-47-34(17-19-49-47)22-31-9-5-10-32(21-31)23-35-24-33(15-16-38(52)28-43(53)45(36)41)26-44(46(35)54)55-39-12-2-3-13-39/h5-6,8-11,17-21,24-27,39,41,45,49,51,54H,1-4,7,12-16,22-23,28-29H2/q-2. The molecule has 2 atom stereocenters. The monoisotopic (exact) mass is 735 g/mol. The summed E-state index contributed by atoms with van der Waals surface area (Å²) in [5, 5.41) is 26.5. The molecule has 3 N–H and O–H groups in total. The molecule has 1 fully saturated rings. The number of unbranched alkanes of at least 4 members (excludes halogenated alkanes) is 1. The number of hydrogen-bond donors (Lipinski definition) is 3. The molecule has 8 rings (SSSR count). The van der Waals surface area contributed by atoms with Crippen LogP contribution >= 0.6 is 0 Å². The van der Waals surface area contributed by atoms with Crippen LogP contribution in [0.25, 0.3) is 11.4 Å². The average Bonchev–Trinajstić information content (AvgIpc) is 3.96. The number of aryl methyl sites for hydroxylation is 2. The van der Waals surface area contributed by atoms with Gasteiger partial charge in [0.05, 0.1) is 12.5 Å². The van der Waals surface area contributed by atoms with Crippen molar-refractivity contribution in [3.8, 4) is 17.2 Å². The Balaban J connectivity index is 1.10. The quantitative estimate of drug-likeness (QED) is 0.113. The Morgan fingerprint density at radius 3 is 2.47 bits per heavy atom. The molecule has 2 unspecified atom stereocenters. The lowest BCUT2D eigenvalue weighted by Crippen LogP contribution is -2.30. The Kier molecular flexibility index (Phi) is 10.9. The number of Topliss-reactive ketones (excluding diaryl/α,β-unsaturated/α-hetero) is 2. The molecule has 8 nitrogen and oxygen atoms in total. The Labute approximate surface area is 323 Å². The van der Waals surface area contributed by atoms with E-state index in [1.807, 2.05) is 48.8 Å². The van der Waals surface area contributed by atoms with Gasteiger partial charge in [-0.3, -0.25) is 9.59 Å². The molecule has 0 amide bonds. The van der Waals surface area contributed by atoms with Crippen molar-refractivity contribution in [3.63, 3.8) is 0 Å². The largest absolute Gasteiger partial charge is 0.664 e. The van der Waals surface area contributed by atoms with Gasteiger partial charge < -0.3 is 30.2 Å². The van der Waals surface area contributed by atoms with E-state index >= 15 is 0 Å². The fourth-order valence-corrected chi connectivity index (χ4v) is 8.90. The van der Waals surface area contributed by atoms with E-state index in [0.717, 1.165) is 107 Å². The van der Waals surface area contributed by atoms with Crippen LogP contribution in [0, 0.1) is 5.92 Å². The van der Waals surface area contributed by atoms with Crippen LogP contribution in [0.5, 0.6) is 17.2 Å². The number of aromatic amines is 1. The van der Waals surface area contributed by atoms with Gasteiger partial charge in [0.2, 0.25) is 0 Å². The Hall–Kier alpha value is -5.50. The molecule has 3 heterocycles. The predicted molar refractivity (Wildman–Crippen MR) is 214 cm³/mol. The zero-order chi connectivity index (χ0) is 37.7. The summed E-state index contributed by atoms with van der Waals surface area (Å²) in [5.41, 5.74) is 8.85. The van der Waals surface area contributed by atoms with Gasteiger partial charge in [-0.05, 0) is 116 Å². The van der Waals surface area contributed by atoms with Crippen molar-refractivity contribution in [2.45, 2.75) is 95.5 Å². The molecule has 5 aromatic rings. The van der Waals surface area contributed by atoms with Crippen LogP contribution in [0.2, 0.25) is 0 Å². The van der Waals surface area contributed by atoms with E-state index in [-0.39, 0.29) is 47.9 Å². The molecule has 2 aromatic heterocycles. The number of H-pyrrole nitrogens is 1. The molecular formula is C47H49N3O5-2. The molecule has 0 radical (unpaired) electrons. The second-order valence-electron chi connectivity index (χ2n) is 15.7. The van der Waals surface area contributed by atoms with Crippen molar-refractivity contribution >= 4 is 23.5 Å². The molecule has 1 saturated carbocycles. The zero-order valence-corrected chi connectivity index (χ0v) is 31.3. The Bertz CT molecular complexity index is 2190. The van der Waals surface area contributed by atoms with Gasteiger partial charge >= 0.3 is 0 Å². The van der Waals surface area contributed by atoms with E-state index in [2.05, 4.69) is 40.3 Å². The Morgan fingerprint density at radius 2 is 1.64 bits per heavy atom. The first-order valence-electron chi connectivity index (χ1n) is 19.9. The van der Waals surface area contributed by atoms with Gasteiger partial charge in [0.1, 0.15) is 17.3 Å². The number of carbonyl (C=O) groups excluding carboxylic acids is 2. The van der Waals surface area contributed by atoms with Crippen LogP contribution in [-0.2, 0) is 35.3 Å². The maximum atomic E-state index is 14.5. The number of phenols is 2. The lowest BCUT2D eigenvalue weighted by molar-refractivity contribution is -0.129. The van der Waals surface area contributed by atoms with Crippen molar-refractivity contribution < 1.29 is 24.5 Å². The molecule has 3 aliphatic rings. The number of phenolic OH excluding ortho intramolecular Hbond substituents is 2. The van der Waals surface area contributed by atoms with Crippen molar-refractivity contribution in [3.05, 3.63) is 141 Å². The molecule has 4 bridgehead atoms. The number of ether oxygens (including phenoxy) is 1. The third-order valence-corrected chi connectivity index (χ3v) is 11.7. The highest BCUT2D eigenvalue weighted by molar-refractivity contribution is 6.02. The highest BCUT2D eigenvalue weighted by Gasteiger charge is 2.35. The second kappa shape index (κ2) is 16.5. The molecular weight excluding hydrogens is 687 g/mol. The highest BCUT2D eigenvalue weighted by atomic mass is 16.5. The Morgan fingerprint density at radius 1 is 0.818 bits per heavy atom. The summed E-state index contributed by atoms with van der Waals surface area (Å²) in [4.78, 5) is 36.2. The van der Waals surface area contributed by atoms with Crippen LogP contribution < -0.4 is 9.72 Å². The minimum Gasteiger partial charge on any atom is -0.664 e. The summed E-state index contributed by atoms with van der Waals surface area (Å²) in [5.74, 6) is 0.892. The maximum Gasteiger partial charge on any atom is 0.161 e. The number of nitrogens with one attached hydrogen (secondary N) is 1. The third kappa shape index (κ3) is 8.59.